The van der Waals surface area contributed by atoms with E-state index in [2.05, 4.69) is 5.32 Å². The number of nitrogens with one attached hydrogen (secondary N) is 1. The van der Waals surface area contributed by atoms with Crippen LogP contribution in [0.15, 0.2) is 71.7 Å². The van der Waals surface area contributed by atoms with E-state index in [9.17, 15) is 14.4 Å². The first-order valence-electron chi connectivity index (χ1n) is 12.6. The number of hydrogen-bond donors (Lipinski definition) is 1. The van der Waals surface area contributed by atoms with Gasteiger partial charge in [0.2, 0.25) is 18.6 Å². The Kier molecular flexibility index (Phi) is 8.20. The van der Waals surface area contributed by atoms with Gasteiger partial charge in [-0.15, -0.1) is 0 Å². The van der Waals surface area contributed by atoms with Gasteiger partial charge in [-0.1, -0.05) is 17.8 Å². The molecule has 2 aliphatic rings. The Balaban J connectivity index is 1.35. The van der Waals surface area contributed by atoms with E-state index < -0.39 is 11.2 Å². The van der Waals surface area contributed by atoms with Crippen LogP contribution in [-0.2, 0) is 20.9 Å². The van der Waals surface area contributed by atoms with Crippen LogP contribution in [-0.4, -0.2) is 53.6 Å². The molecular weight excluding hydrogens is 534 g/mol. The van der Waals surface area contributed by atoms with Crippen LogP contribution in [0.3, 0.4) is 0 Å². The SMILES string of the molecule is CCOC(=O)c1ccc(NC(=O)[C@H]2CC(=O)N(Cc3ccc4c(c3)OCO4)C(=Nc3ccc(OC)cc3)S2)cc1. The molecule has 0 bridgehead atoms. The highest BCUT2D eigenvalue weighted by atomic mass is 32.2. The van der Waals surface area contributed by atoms with Crippen LogP contribution < -0.4 is 19.5 Å². The van der Waals surface area contributed by atoms with Gasteiger partial charge in [0, 0.05) is 12.1 Å². The van der Waals surface area contributed by atoms with Crippen LogP contribution >= 0.6 is 11.8 Å². The first-order chi connectivity index (χ1) is 19.4. The third-order valence-electron chi connectivity index (χ3n) is 6.17. The van der Waals surface area contributed by atoms with Gasteiger partial charge in [-0.05, 0) is 73.2 Å². The number of fused-ring (bicyclic) bond motifs is 1. The smallest absolute Gasteiger partial charge is 0.338 e. The van der Waals surface area contributed by atoms with Crippen LogP contribution in [0.4, 0.5) is 11.4 Å². The van der Waals surface area contributed by atoms with Gasteiger partial charge in [-0.25, -0.2) is 9.79 Å². The molecule has 3 aromatic rings. The van der Waals surface area contributed by atoms with E-state index in [1.165, 1.54) is 11.8 Å². The normalized spacial score (nSPS) is 17.1. The average Bonchev–Trinajstić information content (AvgIpc) is 3.43. The number of hydrogen-bond acceptors (Lipinski definition) is 9. The zero-order chi connectivity index (χ0) is 28.1. The maximum Gasteiger partial charge on any atom is 0.338 e. The standard InChI is InChI=1S/C29H27N3O7S/c1-3-37-28(35)19-5-7-20(8-6-19)30-27(34)25-15-26(33)32(16-18-4-13-23-24(14-18)39-17-38-23)29(40-25)31-21-9-11-22(36-2)12-10-21/h4-14,25H,3,15-17H2,1-2H3,(H,30,34)/t25-/m1/s1. The summed E-state index contributed by atoms with van der Waals surface area (Å²) in [7, 11) is 1.58. The van der Waals surface area contributed by atoms with Crippen molar-refractivity contribution in [3.05, 3.63) is 77.9 Å². The largest absolute Gasteiger partial charge is 0.497 e. The van der Waals surface area contributed by atoms with Gasteiger partial charge in [0.25, 0.3) is 0 Å². The Morgan fingerprint density at radius 1 is 1.05 bits per heavy atom. The maximum absolute atomic E-state index is 13.4. The second-order valence-corrected chi connectivity index (χ2v) is 10.0. The van der Waals surface area contributed by atoms with Crippen LogP contribution in [0.2, 0.25) is 0 Å². The Labute approximate surface area is 235 Å². The summed E-state index contributed by atoms with van der Waals surface area (Å²) >= 11 is 1.22. The molecule has 1 fully saturated rings. The third-order valence-corrected chi connectivity index (χ3v) is 7.36. The number of aliphatic imine (C=N–C) groups is 1. The predicted octanol–water partition coefficient (Wildman–Crippen LogP) is 4.76. The van der Waals surface area contributed by atoms with Crippen molar-refractivity contribution < 1.29 is 33.3 Å². The van der Waals surface area contributed by atoms with Gasteiger partial charge in [0.15, 0.2) is 16.7 Å². The van der Waals surface area contributed by atoms with Crippen molar-refractivity contribution in [1.82, 2.24) is 4.90 Å². The lowest BCUT2D eigenvalue weighted by atomic mass is 10.1. The molecule has 0 unspecified atom stereocenters. The number of ether oxygens (including phenoxy) is 4. The predicted molar refractivity (Wildman–Crippen MR) is 150 cm³/mol. The molecule has 0 radical (unpaired) electrons. The first-order valence-corrected chi connectivity index (χ1v) is 13.5. The van der Waals surface area contributed by atoms with E-state index in [1.54, 1.807) is 67.5 Å². The second kappa shape index (κ2) is 12.1. The number of carbonyl (C=O) groups is 3. The minimum Gasteiger partial charge on any atom is -0.497 e. The van der Waals surface area contributed by atoms with E-state index in [0.717, 1.165) is 5.56 Å². The molecule has 2 aliphatic heterocycles. The summed E-state index contributed by atoms with van der Waals surface area (Å²) < 4.78 is 21.1. The molecule has 1 saturated heterocycles. The minimum atomic E-state index is -0.706. The van der Waals surface area contributed by atoms with Crippen molar-refractivity contribution in [3.8, 4) is 17.2 Å². The van der Waals surface area contributed by atoms with Gasteiger partial charge >= 0.3 is 5.97 Å². The number of methoxy groups -OCH3 is 1. The number of amidine groups is 1. The fraction of sp³-hybridized carbons (Fsp3) is 0.241. The number of nitrogens with zero attached hydrogens (tertiary/aromatic N) is 2. The summed E-state index contributed by atoms with van der Waals surface area (Å²) in [6.45, 7) is 2.42. The van der Waals surface area contributed by atoms with E-state index in [-0.39, 0.29) is 38.2 Å². The molecule has 5 rings (SSSR count). The molecule has 0 spiro atoms. The highest BCUT2D eigenvalue weighted by Crippen LogP contribution is 2.35. The van der Waals surface area contributed by atoms with E-state index >= 15 is 0 Å². The highest BCUT2D eigenvalue weighted by Gasteiger charge is 2.36. The quantitative estimate of drug-likeness (QED) is 0.392. The molecule has 11 heteroatoms. The number of anilines is 1. The monoisotopic (exact) mass is 561 g/mol. The molecule has 0 aliphatic carbocycles. The Hall–Kier alpha value is -4.51. The van der Waals surface area contributed by atoms with Crippen molar-refractivity contribution in [2.45, 2.75) is 25.1 Å². The van der Waals surface area contributed by atoms with Crippen molar-refractivity contribution >= 4 is 46.1 Å². The molecule has 3 aromatic carbocycles. The second-order valence-electron chi connectivity index (χ2n) is 8.86. The first kappa shape index (κ1) is 27.1. The lowest BCUT2D eigenvalue weighted by Gasteiger charge is -2.32. The van der Waals surface area contributed by atoms with Crippen LogP contribution in [0.5, 0.6) is 17.2 Å². The van der Waals surface area contributed by atoms with E-state index in [0.29, 0.717) is 39.4 Å². The summed E-state index contributed by atoms with van der Waals surface area (Å²) in [6, 6.07) is 19.0. The molecule has 2 amide bonds. The lowest BCUT2D eigenvalue weighted by Crippen LogP contribution is -2.44. The van der Waals surface area contributed by atoms with Gasteiger partial charge in [0.05, 0.1) is 31.5 Å². The summed E-state index contributed by atoms with van der Waals surface area (Å²) in [5.74, 6) is 0.945. The fourth-order valence-electron chi connectivity index (χ4n) is 4.11. The molecule has 40 heavy (non-hydrogen) atoms. The number of carbonyl (C=O) groups excluding carboxylic acids is 3. The third kappa shape index (κ3) is 6.20. The molecule has 2 heterocycles. The van der Waals surface area contributed by atoms with E-state index in [4.69, 9.17) is 23.9 Å². The molecule has 1 N–H and O–H groups in total. The number of esters is 1. The highest BCUT2D eigenvalue weighted by molar-refractivity contribution is 8.15. The Morgan fingerprint density at radius 2 is 1.80 bits per heavy atom. The fourth-order valence-corrected chi connectivity index (χ4v) is 5.21. The Morgan fingerprint density at radius 3 is 2.52 bits per heavy atom. The van der Waals surface area contributed by atoms with Gasteiger partial charge in [-0.2, -0.15) is 0 Å². The van der Waals surface area contributed by atoms with Crippen LogP contribution in [0.25, 0.3) is 0 Å². The summed E-state index contributed by atoms with van der Waals surface area (Å²) in [5.41, 5.74) is 2.34. The molecule has 10 nitrogen and oxygen atoms in total. The number of benzene rings is 3. The molecule has 0 aromatic heterocycles. The average molecular weight is 562 g/mol. The minimum absolute atomic E-state index is 0.0103. The molecule has 0 saturated carbocycles. The number of rotatable bonds is 8. The molecule has 1 atom stereocenters. The van der Waals surface area contributed by atoms with Crippen LogP contribution in [0, 0.1) is 0 Å². The van der Waals surface area contributed by atoms with E-state index in [1.807, 2.05) is 18.2 Å². The molecular formula is C29H27N3O7S. The Bertz CT molecular complexity index is 1440. The van der Waals surface area contributed by atoms with Crippen molar-refractivity contribution in [1.29, 1.82) is 0 Å². The van der Waals surface area contributed by atoms with Crippen LogP contribution in [0.1, 0.15) is 29.3 Å². The van der Waals surface area contributed by atoms with Crippen molar-refractivity contribution in [3.63, 3.8) is 0 Å². The van der Waals surface area contributed by atoms with Crippen molar-refractivity contribution in [2.24, 2.45) is 4.99 Å². The zero-order valence-electron chi connectivity index (χ0n) is 21.9. The lowest BCUT2D eigenvalue weighted by molar-refractivity contribution is -0.129. The van der Waals surface area contributed by atoms with Crippen molar-refractivity contribution in [2.75, 3.05) is 25.8 Å². The topological polar surface area (TPSA) is 116 Å². The van der Waals surface area contributed by atoms with Gasteiger partial charge in [-0.3, -0.25) is 14.5 Å². The number of amides is 2. The number of thioether (sulfide) groups is 1. The maximum atomic E-state index is 13.4. The van der Waals surface area contributed by atoms with Gasteiger partial charge in [0.1, 0.15) is 11.0 Å². The molecule has 206 valence electrons. The summed E-state index contributed by atoms with van der Waals surface area (Å²) in [4.78, 5) is 44.8. The summed E-state index contributed by atoms with van der Waals surface area (Å²) in [5, 5.41) is 2.53. The summed E-state index contributed by atoms with van der Waals surface area (Å²) in [6.07, 6.45) is -0.0103. The zero-order valence-corrected chi connectivity index (χ0v) is 22.7. The van der Waals surface area contributed by atoms with Gasteiger partial charge < -0.3 is 24.3 Å².